The minimum Gasteiger partial charge on any atom is -0.310 e. The SMILES string of the molecule is CCCCN1C(c2ccccc2)=CN2C1=NC1C2C(=O)N(C)C(=O)N1C. The maximum Gasteiger partial charge on any atom is 0.328 e. The van der Waals surface area contributed by atoms with E-state index < -0.39 is 12.2 Å². The lowest BCUT2D eigenvalue weighted by atomic mass is 10.1. The van der Waals surface area contributed by atoms with Gasteiger partial charge in [0.2, 0.25) is 5.96 Å². The third kappa shape index (κ3) is 2.30. The van der Waals surface area contributed by atoms with E-state index in [4.69, 9.17) is 4.99 Å². The summed E-state index contributed by atoms with van der Waals surface area (Å²) in [4.78, 5) is 36.6. The molecule has 0 saturated carbocycles. The zero-order chi connectivity index (χ0) is 18.4. The molecule has 136 valence electrons. The van der Waals surface area contributed by atoms with Crippen LogP contribution in [0.1, 0.15) is 25.3 Å². The van der Waals surface area contributed by atoms with Gasteiger partial charge in [0.05, 0.1) is 5.70 Å². The number of carbonyl (C=O) groups is 2. The molecule has 7 heteroatoms. The summed E-state index contributed by atoms with van der Waals surface area (Å²) in [7, 11) is 3.23. The average molecular weight is 353 g/mol. The molecule has 0 spiro atoms. The minimum absolute atomic E-state index is 0.210. The Kier molecular flexibility index (Phi) is 3.94. The highest BCUT2D eigenvalue weighted by atomic mass is 16.2. The number of imide groups is 1. The van der Waals surface area contributed by atoms with Crippen LogP contribution in [0.4, 0.5) is 4.79 Å². The molecule has 0 aliphatic carbocycles. The predicted octanol–water partition coefficient (Wildman–Crippen LogP) is 1.99. The third-order valence-electron chi connectivity index (χ3n) is 5.23. The number of amides is 3. The Balaban J connectivity index is 1.74. The van der Waals surface area contributed by atoms with Gasteiger partial charge in [-0.05, 0) is 12.0 Å². The lowest BCUT2D eigenvalue weighted by Crippen LogP contribution is -2.63. The fraction of sp³-hybridized carbons (Fsp3) is 0.421. The van der Waals surface area contributed by atoms with Gasteiger partial charge in [0.25, 0.3) is 5.91 Å². The predicted molar refractivity (Wildman–Crippen MR) is 98.8 cm³/mol. The number of urea groups is 1. The number of carbonyl (C=O) groups excluding carboxylic acids is 2. The monoisotopic (exact) mass is 353 g/mol. The van der Waals surface area contributed by atoms with Crippen molar-refractivity contribution in [1.29, 1.82) is 0 Å². The largest absolute Gasteiger partial charge is 0.328 e. The van der Waals surface area contributed by atoms with Gasteiger partial charge in [0.15, 0.2) is 12.2 Å². The van der Waals surface area contributed by atoms with E-state index in [-0.39, 0.29) is 11.9 Å². The van der Waals surface area contributed by atoms with Crippen LogP contribution in [-0.4, -0.2) is 70.3 Å². The van der Waals surface area contributed by atoms with Crippen LogP contribution in [0, 0.1) is 0 Å². The summed E-state index contributed by atoms with van der Waals surface area (Å²) in [6, 6.07) is 9.33. The molecule has 1 fully saturated rings. The molecule has 3 heterocycles. The summed E-state index contributed by atoms with van der Waals surface area (Å²) < 4.78 is 0. The van der Waals surface area contributed by atoms with Gasteiger partial charge in [0, 0.05) is 26.8 Å². The van der Waals surface area contributed by atoms with Crippen molar-refractivity contribution in [2.24, 2.45) is 4.99 Å². The Morgan fingerprint density at radius 3 is 2.54 bits per heavy atom. The number of nitrogens with zero attached hydrogens (tertiary/aromatic N) is 5. The molecule has 0 radical (unpaired) electrons. The van der Waals surface area contributed by atoms with Gasteiger partial charge in [-0.1, -0.05) is 43.7 Å². The molecular weight excluding hydrogens is 330 g/mol. The second-order valence-corrected chi connectivity index (χ2v) is 6.87. The molecule has 1 aromatic rings. The van der Waals surface area contributed by atoms with Crippen LogP contribution in [0.3, 0.4) is 0 Å². The van der Waals surface area contributed by atoms with Crippen molar-refractivity contribution in [3.8, 4) is 0 Å². The molecule has 1 saturated heterocycles. The van der Waals surface area contributed by atoms with Crippen molar-refractivity contribution in [3.05, 3.63) is 42.1 Å². The van der Waals surface area contributed by atoms with Gasteiger partial charge in [-0.15, -0.1) is 0 Å². The van der Waals surface area contributed by atoms with Crippen LogP contribution >= 0.6 is 0 Å². The molecule has 3 amide bonds. The first-order valence-electron chi connectivity index (χ1n) is 9.00. The summed E-state index contributed by atoms with van der Waals surface area (Å²) in [6.07, 6.45) is 3.62. The molecule has 4 rings (SSSR count). The average Bonchev–Trinajstić information content (AvgIpc) is 3.20. The molecule has 2 unspecified atom stereocenters. The highest BCUT2D eigenvalue weighted by molar-refractivity contribution is 6.06. The standard InChI is InChI=1S/C19H23N5O2/c1-4-5-11-23-14(13-9-7-6-8-10-13)12-24-15-16(20-18(23)24)21(2)19(26)22(3)17(15)25/h6-10,12,15-16H,4-5,11H2,1-3H3. The van der Waals surface area contributed by atoms with Gasteiger partial charge in [-0.3, -0.25) is 9.69 Å². The van der Waals surface area contributed by atoms with Crippen molar-refractivity contribution in [2.75, 3.05) is 20.6 Å². The highest BCUT2D eigenvalue weighted by Crippen LogP contribution is 2.37. The van der Waals surface area contributed by atoms with Crippen LogP contribution in [-0.2, 0) is 4.79 Å². The molecule has 2 atom stereocenters. The molecule has 0 aromatic heterocycles. The Morgan fingerprint density at radius 2 is 1.85 bits per heavy atom. The second-order valence-electron chi connectivity index (χ2n) is 6.87. The van der Waals surface area contributed by atoms with Crippen LogP contribution < -0.4 is 0 Å². The van der Waals surface area contributed by atoms with E-state index in [1.807, 2.05) is 29.3 Å². The molecule has 0 N–H and O–H groups in total. The van der Waals surface area contributed by atoms with E-state index in [0.717, 1.165) is 36.6 Å². The number of rotatable bonds is 4. The number of guanidine groups is 1. The molecular formula is C19H23N5O2. The number of unbranched alkanes of at least 4 members (excludes halogenated alkanes) is 1. The lowest BCUT2D eigenvalue weighted by molar-refractivity contribution is -0.135. The molecule has 1 aromatic carbocycles. The smallest absolute Gasteiger partial charge is 0.310 e. The number of fused-ring (bicyclic) bond motifs is 3. The van der Waals surface area contributed by atoms with Gasteiger partial charge in [0.1, 0.15) is 0 Å². The topological polar surface area (TPSA) is 59.5 Å². The van der Waals surface area contributed by atoms with Gasteiger partial charge in [-0.25, -0.2) is 9.79 Å². The number of benzene rings is 1. The summed E-state index contributed by atoms with van der Waals surface area (Å²) in [5.41, 5.74) is 2.14. The zero-order valence-electron chi connectivity index (χ0n) is 15.3. The van der Waals surface area contributed by atoms with E-state index in [1.165, 1.54) is 11.9 Å². The molecule has 26 heavy (non-hydrogen) atoms. The second kappa shape index (κ2) is 6.16. The fourth-order valence-corrected chi connectivity index (χ4v) is 3.74. The maximum atomic E-state index is 12.8. The summed E-state index contributed by atoms with van der Waals surface area (Å²) >= 11 is 0. The van der Waals surface area contributed by atoms with Crippen molar-refractivity contribution < 1.29 is 9.59 Å². The normalized spacial score (nSPS) is 24.7. The van der Waals surface area contributed by atoms with Gasteiger partial charge in [-0.2, -0.15) is 0 Å². The first-order chi connectivity index (χ1) is 12.5. The summed E-state index contributed by atoms with van der Waals surface area (Å²) in [5.74, 6) is 0.549. The Morgan fingerprint density at radius 1 is 1.12 bits per heavy atom. The Labute approximate surface area is 153 Å². The van der Waals surface area contributed by atoms with Gasteiger partial charge >= 0.3 is 6.03 Å². The fourth-order valence-electron chi connectivity index (χ4n) is 3.74. The van der Waals surface area contributed by atoms with Crippen molar-refractivity contribution in [3.63, 3.8) is 0 Å². The quantitative estimate of drug-likeness (QED) is 0.831. The first kappa shape index (κ1) is 16.6. The third-order valence-corrected chi connectivity index (χ3v) is 5.23. The summed E-state index contributed by atoms with van der Waals surface area (Å²) in [5, 5.41) is 0. The maximum absolute atomic E-state index is 12.8. The van der Waals surface area contributed by atoms with E-state index in [2.05, 4.69) is 24.0 Å². The first-order valence-corrected chi connectivity index (χ1v) is 9.00. The molecule has 7 nitrogen and oxygen atoms in total. The van der Waals surface area contributed by atoms with Gasteiger partial charge < -0.3 is 14.7 Å². The van der Waals surface area contributed by atoms with E-state index in [1.54, 1.807) is 11.9 Å². The van der Waals surface area contributed by atoms with E-state index in [0.29, 0.717) is 0 Å². The molecule has 0 bridgehead atoms. The summed E-state index contributed by atoms with van der Waals surface area (Å²) in [6.45, 7) is 2.98. The Bertz CT molecular complexity index is 803. The minimum atomic E-state index is -0.497. The number of hydrogen-bond donors (Lipinski definition) is 0. The number of aliphatic imine (C=N–C) groups is 1. The number of hydrogen-bond acceptors (Lipinski definition) is 5. The van der Waals surface area contributed by atoms with Crippen LogP contribution in [0.5, 0.6) is 0 Å². The van der Waals surface area contributed by atoms with Crippen molar-refractivity contribution in [2.45, 2.75) is 32.0 Å². The van der Waals surface area contributed by atoms with Crippen molar-refractivity contribution in [1.82, 2.24) is 19.6 Å². The zero-order valence-corrected chi connectivity index (χ0v) is 15.3. The van der Waals surface area contributed by atoms with Crippen LogP contribution in [0.25, 0.3) is 5.70 Å². The van der Waals surface area contributed by atoms with E-state index in [9.17, 15) is 9.59 Å². The Hall–Kier alpha value is -2.83. The number of likely N-dealkylation sites (N-methyl/N-ethyl adjacent to an activating group) is 2. The molecule has 3 aliphatic heterocycles. The van der Waals surface area contributed by atoms with Crippen LogP contribution in [0.2, 0.25) is 0 Å². The van der Waals surface area contributed by atoms with Crippen molar-refractivity contribution >= 4 is 23.6 Å². The van der Waals surface area contributed by atoms with E-state index >= 15 is 0 Å². The molecule has 3 aliphatic rings. The highest BCUT2D eigenvalue weighted by Gasteiger charge is 2.53. The lowest BCUT2D eigenvalue weighted by Gasteiger charge is -2.38. The van der Waals surface area contributed by atoms with Crippen LogP contribution in [0.15, 0.2) is 41.5 Å².